The largest absolute Gasteiger partial charge is 0.404 e. The minimum absolute atomic E-state index is 0.289. The zero-order chi connectivity index (χ0) is 14.5. The number of aromatic nitrogens is 2. The molecule has 20 heavy (non-hydrogen) atoms. The number of ether oxygens (including phenoxy) is 1. The molecule has 0 aliphatic carbocycles. The third-order valence-electron chi connectivity index (χ3n) is 2.59. The molecule has 2 rings (SSSR count). The normalized spacial score (nSPS) is 10.1. The maximum Gasteiger partial charge on any atom is 0.346 e. The van der Waals surface area contributed by atoms with Crippen LogP contribution in [-0.2, 0) is 6.54 Å². The van der Waals surface area contributed by atoms with Crippen molar-refractivity contribution in [1.82, 2.24) is 9.78 Å². The van der Waals surface area contributed by atoms with E-state index in [0.29, 0.717) is 28.7 Å². The fourth-order valence-corrected chi connectivity index (χ4v) is 1.91. The quantitative estimate of drug-likeness (QED) is 0.812. The molecule has 102 valence electrons. The van der Waals surface area contributed by atoms with Crippen LogP contribution in [0, 0.1) is 18.3 Å². The summed E-state index contributed by atoms with van der Waals surface area (Å²) < 4.78 is 6.79. The lowest BCUT2D eigenvalue weighted by molar-refractivity contribution is 0.0718. The molecule has 0 atom stereocenters. The second kappa shape index (κ2) is 6.22. The molecule has 0 unspecified atom stereocenters. The summed E-state index contributed by atoms with van der Waals surface area (Å²) in [4.78, 5) is 12.1. The molecule has 6 heteroatoms. The summed E-state index contributed by atoms with van der Waals surface area (Å²) in [5.74, 6) is -0.239. The number of carbonyl (C=O) groups is 1. The summed E-state index contributed by atoms with van der Waals surface area (Å²) in [6, 6.07) is 10.3. The van der Waals surface area contributed by atoms with E-state index in [1.54, 1.807) is 37.3 Å². The Morgan fingerprint density at radius 2 is 2.25 bits per heavy atom. The highest BCUT2D eigenvalue weighted by Crippen LogP contribution is 2.19. The van der Waals surface area contributed by atoms with Crippen molar-refractivity contribution < 1.29 is 9.53 Å². The van der Waals surface area contributed by atoms with E-state index < -0.39 is 5.97 Å². The lowest BCUT2D eigenvalue weighted by atomic mass is 10.2. The zero-order valence-corrected chi connectivity index (χ0v) is 11.6. The van der Waals surface area contributed by atoms with Crippen molar-refractivity contribution in [3.63, 3.8) is 0 Å². The summed E-state index contributed by atoms with van der Waals surface area (Å²) in [6.07, 6.45) is 0.289. The number of carbonyl (C=O) groups excluding carboxylic acids is 1. The molecular formula is C14H12ClN3O2. The highest BCUT2D eigenvalue weighted by atomic mass is 35.5. The van der Waals surface area contributed by atoms with Gasteiger partial charge in [0, 0.05) is 6.07 Å². The lowest BCUT2D eigenvalue weighted by Crippen LogP contribution is -2.13. The molecule has 1 aromatic heterocycles. The van der Waals surface area contributed by atoms with Crippen LogP contribution in [0.4, 0.5) is 0 Å². The van der Waals surface area contributed by atoms with Crippen molar-refractivity contribution in [1.29, 1.82) is 5.26 Å². The van der Waals surface area contributed by atoms with Gasteiger partial charge in [0.25, 0.3) is 0 Å². The maximum atomic E-state index is 12.1. The average Bonchev–Trinajstić information content (AvgIpc) is 2.76. The van der Waals surface area contributed by atoms with Gasteiger partial charge in [-0.25, -0.2) is 9.48 Å². The van der Waals surface area contributed by atoms with Crippen molar-refractivity contribution >= 4 is 17.6 Å². The average molecular weight is 290 g/mol. The van der Waals surface area contributed by atoms with Crippen LogP contribution in [0.1, 0.15) is 22.5 Å². The molecule has 0 aliphatic heterocycles. The fourth-order valence-electron chi connectivity index (χ4n) is 1.70. The van der Waals surface area contributed by atoms with Gasteiger partial charge in [0.15, 0.2) is 0 Å². The molecular weight excluding hydrogens is 278 g/mol. The molecule has 0 N–H and O–H groups in total. The first kappa shape index (κ1) is 14.1. The van der Waals surface area contributed by atoms with Gasteiger partial charge in [0.1, 0.15) is 0 Å². The van der Waals surface area contributed by atoms with E-state index in [0.717, 1.165) is 0 Å². The summed E-state index contributed by atoms with van der Waals surface area (Å²) in [5, 5.41) is 13.1. The predicted octanol–water partition coefficient (Wildman–Crippen LogP) is 2.98. The van der Waals surface area contributed by atoms with Gasteiger partial charge in [-0.15, -0.1) is 0 Å². The summed E-state index contributed by atoms with van der Waals surface area (Å²) >= 11 is 5.95. The predicted molar refractivity (Wildman–Crippen MR) is 73.6 cm³/mol. The number of halogens is 1. The molecule has 5 nitrogen and oxygen atoms in total. The second-order valence-electron chi connectivity index (χ2n) is 4.12. The van der Waals surface area contributed by atoms with Gasteiger partial charge >= 0.3 is 5.97 Å². The highest BCUT2D eigenvalue weighted by molar-refractivity contribution is 6.33. The third kappa shape index (κ3) is 3.16. The summed E-state index contributed by atoms with van der Waals surface area (Å²) in [5.41, 5.74) is 1.00. The number of nitriles is 1. The molecule has 0 saturated heterocycles. The van der Waals surface area contributed by atoms with Gasteiger partial charge in [-0.1, -0.05) is 23.7 Å². The van der Waals surface area contributed by atoms with Crippen molar-refractivity contribution in [2.75, 3.05) is 0 Å². The van der Waals surface area contributed by atoms with E-state index in [4.69, 9.17) is 21.6 Å². The first-order valence-electron chi connectivity index (χ1n) is 6.00. The van der Waals surface area contributed by atoms with Gasteiger partial charge in [0.2, 0.25) is 5.88 Å². The fraction of sp³-hybridized carbons (Fsp3) is 0.214. The number of hydrogen-bond donors (Lipinski definition) is 0. The van der Waals surface area contributed by atoms with E-state index >= 15 is 0 Å². The molecule has 2 aromatic rings. The van der Waals surface area contributed by atoms with E-state index in [-0.39, 0.29) is 6.42 Å². The standard InChI is InChI=1S/C14H12ClN3O2/c1-10-9-13(18(17-10)8-4-7-16)20-14(19)11-5-2-3-6-12(11)15/h2-3,5-6,9H,4,8H2,1H3. The van der Waals surface area contributed by atoms with Gasteiger partial charge in [-0.3, -0.25) is 0 Å². The minimum atomic E-state index is -0.547. The molecule has 0 spiro atoms. The van der Waals surface area contributed by atoms with E-state index in [9.17, 15) is 4.79 Å². The Morgan fingerprint density at radius 3 is 2.95 bits per heavy atom. The maximum absolute atomic E-state index is 12.1. The van der Waals surface area contributed by atoms with Crippen LogP contribution in [0.25, 0.3) is 0 Å². The molecule has 0 aliphatic rings. The van der Waals surface area contributed by atoms with Crippen LogP contribution in [0.2, 0.25) is 5.02 Å². The topological polar surface area (TPSA) is 67.9 Å². The summed E-state index contributed by atoms with van der Waals surface area (Å²) in [7, 11) is 0. The molecule has 0 amide bonds. The Morgan fingerprint density at radius 1 is 1.50 bits per heavy atom. The number of aryl methyl sites for hydroxylation is 2. The van der Waals surface area contributed by atoms with Crippen LogP contribution in [0.15, 0.2) is 30.3 Å². The smallest absolute Gasteiger partial charge is 0.346 e. The van der Waals surface area contributed by atoms with E-state index in [1.807, 2.05) is 6.07 Å². The first-order chi connectivity index (χ1) is 9.61. The first-order valence-corrected chi connectivity index (χ1v) is 6.37. The van der Waals surface area contributed by atoms with Gasteiger partial charge in [0.05, 0.1) is 35.3 Å². The molecule has 0 fully saturated rings. The van der Waals surface area contributed by atoms with Crippen molar-refractivity contribution in [2.45, 2.75) is 19.9 Å². The number of esters is 1. The second-order valence-corrected chi connectivity index (χ2v) is 4.53. The summed E-state index contributed by atoms with van der Waals surface area (Å²) in [6.45, 7) is 2.16. The number of nitrogens with zero attached hydrogens (tertiary/aromatic N) is 3. The minimum Gasteiger partial charge on any atom is -0.404 e. The van der Waals surface area contributed by atoms with Crippen molar-refractivity contribution in [2.24, 2.45) is 0 Å². The number of benzene rings is 1. The van der Waals surface area contributed by atoms with E-state index in [2.05, 4.69) is 5.10 Å². The Balaban J connectivity index is 2.20. The Hall–Kier alpha value is -2.32. The lowest BCUT2D eigenvalue weighted by Gasteiger charge is -2.07. The number of rotatable bonds is 4. The van der Waals surface area contributed by atoms with E-state index in [1.165, 1.54) is 4.68 Å². The van der Waals surface area contributed by atoms with Crippen LogP contribution in [-0.4, -0.2) is 15.7 Å². The Labute approximate surface area is 121 Å². The molecule has 0 bridgehead atoms. The van der Waals surface area contributed by atoms with Crippen molar-refractivity contribution in [3.8, 4) is 11.9 Å². The van der Waals surface area contributed by atoms with Crippen molar-refractivity contribution in [3.05, 3.63) is 46.6 Å². The van der Waals surface area contributed by atoms with Gasteiger partial charge < -0.3 is 4.74 Å². The Kier molecular flexibility index (Phi) is 4.38. The molecule has 0 radical (unpaired) electrons. The van der Waals surface area contributed by atoms with Crippen LogP contribution in [0.5, 0.6) is 5.88 Å². The molecule has 1 aromatic carbocycles. The molecule has 1 heterocycles. The highest BCUT2D eigenvalue weighted by Gasteiger charge is 2.15. The van der Waals surface area contributed by atoms with Gasteiger partial charge in [-0.05, 0) is 19.1 Å². The monoisotopic (exact) mass is 289 g/mol. The van der Waals surface area contributed by atoms with Crippen LogP contribution >= 0.6 is 11.6 Å². The van der Waals surface area contributed by atoms with Crippen LogP contribution in [0.3, 0.4) is 0 Å². The Bertz CT molecular complexity index is 673. The van der Waals surface area contributed by atoms with Gasteiger partial charge in [-0.2, -0.15) is 10.4 Å². The number of hydrogen-bond acceptors (Lipinski definition) is 4. The third-order valence-corrected chi connectivity index (χ3v) is 2.92. The zero-order valence-electron chi connectivity index (χ0n) is 10.8. The SMILES string of the molecule is Cc1cc(OC(=O)c2ccccc2Cl)n(CCC#N)n1. The molecule has 0 saturated carbocycles. The van der Waals surface area contributed by atoms with Crippen LogP contribution < -0.4 is 4.74 Å².